The maximum absolute atomic E-state index is 14.1. The van der Waals surface area contributed by atoms with Gasteiger partial charge in [0.2, 0.25) is 15.9 Å². The molecule has 0 aliphatic carbocycles. The number of nitrogens with zero attached hydrogens (tertiary/aromatic N) is 1. The molecule has 2 saturated heterocycles. The molecule has 2 aliphatic heterocycles. The van der Waals surface area contributed by atoms with Crippen molar-refractivity contribution in [3.63, 3.8) is 0 Å². The van der Waals surface area contributed by atoms with Gasteiger partial charge in [-0.2, -0.15) is 0 Å². The first-order valence-electron chi connectivity index (χ1n) is 22.2. The maximum atomic E-state index is 14.1. The van der Waals surface area contributed by atoms with Crippen LogP contribution in [0.3, 0.4) is 0 Å². The summed E-state index contributed by atoms with van der Waals surface area (Å²) in [4.78, 5) is 28.0. The highest BCUT2D eigenvalue weighted by atomic mass is 32.2. The van der Waals surface area contributed by atoms with Crippen molar-refractivity contribution in [3.8, 4) is 11.8 Å². The van der Waals surface area contributed by atoms with E-state index in [1.165, 1.54) is 19.1 Å². The highest BCUT2D eigenvalue weighted by molar-refractivity contribution is 7.88. The number of benzene rings is 5. The van der Waals surface area contributed by atoms with Crippen LogP contribution in [0.4, 0.5) is 10.1 Å². The number of halogens is 1. The van der Waals surface area contributed by atoms with E-state index >= 15 is 0 Å². The van der Waals surface area contributed by atoms with Gasteiger partial charge in [0.05, 0.1) is 44.1 Å². The van der Waals surface area contributed by atoms with Gasteiger partial charge in [-0.15, -0.1) is 0 Å². The minimum atomic E-state index is -3.26. The van der Waals surface area contributed by atoms with Crippen molar-refractivity contribution in [1.82, 2.24) is 4.72 Å². The van der Waals surface area contributed by atoms with Crippen molar-refractivity contribution in [2.24, 2.45) is 11.8 Å². The summed E-state index contributed by atoms with van der Waals surface area (Å²) in [6.07, 6.45) is 2.46. The van der Waals surface area contributed by atoms with Crippen LogP contribution in [0.15, 0.2) is 133 Å². The summed E-state index contributed by atoms with van der Waals surface area (Å²) in [6, 6.07) is 41.4. The molecule has 2 aliphatic rings. The molecular formula is C53H57FN2O8S. The van der Waals surface area contributed by atoms with Crippen LogP contribution in [0.2, 0.25) is 0 Å². The summed E-state index contributed by atoms with van der Waals surface area (Å²) in [5.41, 5.74) is 6.33. The molecule has 7 atom stereocenters. The van der Waals surface area contributed by atoms with E-state index in [0.29, 0.717) is 64.0 Å². The van der Waals surface area contributed by atoms with Gasteiger partial charge in [-0.25, -0.2) is 17.5 Å². The van der Waals surface area contributed by atoms with Crippen molar-refractivity contribution in [3.05, 3.63) is 173 Å². The zero-order valence-electron chi connectivity index (χ0n) is 37.1. The van der Waals surface area contributed by atoms with Crippen molar-refractivity contribution >= 4 is 27.6 Å². The summed E-state index contributed by atoms with van der Waals surface area (Å²) in [6.45, 7) is 5.15. The Hall–Kier alpha value is -5.68. The number of esters is 1. The van der Waals surface area contributed by atoms with Gasteiger partial charge < -0.3 is 23.8 Å². The van der Waals surface area contributed by atoms with Gasteiger partial charge in [-0.1, -0.05) is 116 Å². The zero-order valence-corrected chi connectivity index (χ0v) is 37.9. The fraction of sp³-hybridized carbons (Fsp3) is 0.358. The molecule has 2 unspecified atom stereocenters. The van der Waals surface area contributed by atoms with Gasteiger partial charge in [0.25, 0.3) is 0 Å². The Bertz CT molecular complexity index is 2500. The molecule has 340 valence electrons. The lowest BCUT2D eigenvalue weighted by Crippen LogP contribution is -2.55. The summed E-state index contributed by atoms with van der Waals surface area (Å²) >= 11 is 0. The molecule has 7 rings (SSSR count). The van der Waals surface area contributed by atoms with E-state index in [1.807, 2.05) is 97.1 Å². The molecule has 1 amide bonds. The third-order valence-corrected chi connectivity index (χ3v) is 12.6. The zero-order chi connectivity index (χ0) is 45.8. The number of carbonyl (C=O) groups excluding carboxylic acids is 2. The van der Waals surface area contributed by atoms with E-state index in [4.69, 9.17) is 18.9 Å². The topological polar surface area (TPSA) is 120 Å². The predicted octanol–water partition coefficient (Wildman–Crippen LogP) is 9.04. The van der Waals surface area contributed by atoms with E-state index in [-0.39, 0.29) is 36.2 Å². The largest absolute Gasteiger partial charge is 0.458 e. The first-order valence-corrected chi connectivity index (χ1v) is 24.1. The second-order valence-electron chi connectivity index (χ2n) is 17.0. The van der Waals surface area contributed by atoms with Crippen molar-refractivity contribution in [2.75, 3.05) is 24.3 Å². The van der Waals surface area contributed by atoms with E-state index in [9.17, 15) is 22.4 Å². The standard InChI is InChI=1S/C53H57FN2O8S/c1-37-33-47(64-50(36-61-34-41-11-6-4-7-12-41)52(37)62-35-42-13-8-5-9-14-42)29-20-40-16-21-44(22-17-40)51-48(30-31-49(63-38(2)57)43-23-25-45(54)26-24-43)53(58)56(51)46-27-18-39(19-28-46)15-10-32-55-65(3,59)60/h4-9,11-14,16-19,21-28,37,47-52,55H,10,15,30-36H2,1-3H3/t37-,47?,48?,49+,50-,51-,52+/m1/s1. The highest BCUT2D eigenvalue weighted by Gasteiger charge is 2.48. The van der Waals surface area contributed by atoms with E-state index in [0.717, 1.165) is 39.8 Å². The van der Waals surface area contributed by atoms with Gasteiger partial charge in [-0.05, 0) is 102 Å². The van der Waals surface area contributed by atoms with Gasteiger partial charge in [0, 0.05) is 24.7 Å². The van der Waals surface area contributed by atoms with Crippen molar-refractivity contribution in [2.45, 2.75) is 89.6 Å². The average Bonchev–Trinajstić information content (AvgIpc) is 3.29. The lowest BCUT2D eigenvalue weighted by Gasteiger charge is -2.48. The van der Waals surface area contributed by atoms with Gasteiger partial charge >= 0.3 is 5.97 Å². The normalized spacial score (nSPS) is 21.2. The number of β-lactam (4-membered cyclic amide) rings is 1. The smallest absolute Gasteiger partial charge is 0.303 e. The lowest BCUT2D eigenvalue weighted by atomic mass is 9.78. The van der Waals surface area contributed by atoms with Crippen LogP contribution in [0.1, 0.15) is 85.1 Å². The second-order valence-corrected chi connectivity index (χ2v) is 18.8. The first-order chi connectivity index (χ1) is 31.4. The molecule has 2 fully saturated rings. The number of anilines is 1. The minimum Gasteiger partial charge on any atom is -0.458 e. The Morgan fingerprint density at radius 1 is 0.877 bits per heavy atom. The van der Waals surface area contributed by atoms with Crippen LogP contribution >= 0.6 is 0 Å². The number of rotatable bonds is 19. The molecule has 1 N–H and O–H groups in total. The summed E-state index contributed by atoms with van der Waals surface area (Å²) in [7, 11) is -3.26. The highest BCUT2D eigenvalue weighted by Crippen LogP contribution is 2.47. The summed E-state index contributed by atoms with van der Waals surface area (Å²) < 4.78 is 64.2. The molecule has 5 aromatic rings. The van der Waals surface area contributed by atoms with Gasteiger partial charge in [0.1, 0.15) is 24.1 Å². The predicted molar refractivity (Wildman–Crippen MR) is 248 cm³/mol. The molecule has 65 heavy (non-hydrogen) atoms. The fourth-order valence-corrected chi connectivity index (χ4v) is 9.13. The monoisotopic (exact) mass is 900 g/mol. The molecule has 0 bridgehead atoms. The van der Waals surface area contributed by atoms with Crippen LogP contribution in [-0.2, 0) is 58.2 Å². The van der Waals surface area contributed by atoms with Crippen LogP contribution in [0, 0.1) is 29.5 Å². The minimum absolute atomic E-state index is 0.0541. The van der Waals surface area contributed by atoms with Crippen LogP contribution in [-0.4, -0.2) is 58.0 Å². The summed E-state index contributed by atoms with van der Waals surface area (Å²) in [5.74, 6) is 5.56. The van der Waals surface area contributed by atoms with Gasteiger partial charge in [-0.3, -0.25) is 9.59 Å². The maximum Gasteiger partial charge on any atom is 0.303 e. The molecule has 0 spiro atoms. The van der Waals surface area contributed by atoms with E-state index < -0.39 is 33.8 Å². The van der Waals surface area contributed by atoms with Crippen LogP contribution in [0.5, 0.6) is 0 Å². The number of hydrogen-bond donors (Lipinski definition) is 1. The fourth-order valence-electron chi connectivity index (χ4n) is 8.62. The van der Waals surface area contributed by atoms with Crippen LogP contribution in [0.25, 0.3) is 0 Å². The molecular weight excluding hydrogens is 844 g/mol. The van der Waals surface area contributed by atoms with Crippen molar-refractivity contribution in [1.29, 1.82) is 0 Å². The molecule has 0 saturated carbocycles. The van der Waals surface area contributed by atoms with Crippen LogP contribution < -0.4 is 9.62 Å². The first kappa shape index (κ1) is 47.3. The molecule has 10 nitrogen and oxygen atoms in total. The molecule has 0 radical (unpaired) electrons. The van der Waals surface area contributed by atoms with E-state index in [2.05, 4.69) is 35.6 Å². The number of nitrogens with one attached hydrogen (secondary N) is 1. The summed E-state index contributed by atoms with van der Waals surface area (Å²) in [5, 5.41) is 0. The molecule has 12 heteroatoms. The van der Waals surface area contributed by atoms with E-state index in [1.54, 1.807) is 17.0 Å². The third-order valence-electron chi connectivity index (χ3n) is 11.9. The average molecular weight is 901 g/mol. The number of amides is 1. The van der Waals surface area contributed by atoms with Gasteiger partial charge in [0.15, 0.2) is 0 Å². The Kier molecular flexibility index (Phi) is 16.4. The van der Waals surface area contributed by atoms with Crippen molar-refractivity contribution < 1.29 is 41.3 Å². The second kappa shape index (κ2) is 22.5. The Labute approximate surface area is 382 Å². The molecule has 0 aromatic heterocycles. The molecule has 2 heterocycles. The number of aryl methyl sites for hydroxylation is 1. The SMILES string of the molecule is CC(=O)O[C@@H](CCC1C(=O)N(c2ccc(CCCNS(C)(=O)=O)cc2)[C@@H]1c1ccc(C#CC2C[C@@H](C)[C@H](OCc3ccccc3)[C@@H](COCc3ccccc3)O2)cc1)c1ccc(F)cc1. The Morgan fingerprint density at radius 3 is 2.18 bits per heavy atom. The number of ether oxygens (including phenoxy) is 4. The quantitative estimate of drug-likeness (QED) is 0.0378. The number of carbonyl (C=O) groups is 2. The Balaban J connectivity index is 1.06. The Morgan fingerprint density at radius 2 is 1.54 bits per heavy atom. The number of sulfonamides is 1. The molecule has 5 aromatic carbocycles. The third kappa shape index (κ3) is 13.4. The number of hydrogen-bond acceptors (Lipinski definition) is 8. The lowest BCUT2D eigenvalue weighted by molar-refractivity contribution is -0.173.